The highest BCUT2D eigenvalue weighted by molar-refractivity contribution is 5.42. The molecule has 0 aromatic carbocycles. The van der Waals surface area contributed by atoms with Crippen molar-refractivity contribution in [3.63, 3.8) is 0 Å². The minimum absolute atomic E-state index is 0.0899. The lowest BCUT2D eigenvalue weighted by atomic mass is 10.1. The fourth-order valence-corrected chi connectivity index (χ4v) is 1.29. The monoisotopic (exact) mass is 195 g/mol. The van der Waals surface area contributed by atoms with Gasteiger partial charge in [0.25, 0.3) is 0 Å². The molecule has 14 heavy (non-hydrogen) atoms. The van der Waals surface area contributed by atoms with Crippen molar-refractivity contribution < 1.29 is 5.11 Å². The molecule has 0 atom stereocenters. The Bertz CT molecular complexity index is 323. The van der Waals surface area contributed by atoms with Gasteiger partial charge in [-0.1, -0.05) is 20.8 Å². The average molecular weight is 195 g/mol. The zero-order valence-corrected chi connectivity index (χ0v) is 8.91. The van der Waals surface area contributed by atoms with Crippen LogP contribution in [0.15, 0.2) is 0 Å². The van der Waals surface area contributed by atoms with Crippen LogP contribution in [0, 0.1) is 0 Å². The van der Waals surface area contributed by atoms with E-state index in [9.17, 15) is 0 Å². The minimum atomic E-state index is -0.0899. The van der Waals surface area contributed by atoms with Crippen molar-refractivity contribution in [2.24, 2.45) is 0 Å². The zero-order chi connectivity index (χ0) is 10.7. The molecule has 0 saturated carbocycles. The first kappa shape index (κ1) is 10.9. The van der Waals surface area contributed by atoms with E-state index in [0.29, 0.717) is 11.4 Å². The number of nitrogens with zero attached hydrogens (tertiary/aromatic N) is 2. The molecule has 0 aliphatic heterocycles. The Hall–Kier alpha value is -1.16. The van der Waals surface area contributed by atoms with Gasteiger partial charge in [0.1, 0.15) is 11.6 Å². The average Bonchev–Trinajstić information content (AvgIpc) is 2.16. The molecule has 1 rings (SSSR count). The molecule has 0 bridgehead atoms. The van der Waals surface area contributed by atoms with Gasteiger partial charge in [-0.25, -0.2) is 9.97 Å². The van der Waals surface area contributed by atoms with E-state index in [1.165, 1.54) is 0 Å². The maximum Gasteiger partial charge on any atom is 0.133 e. The van der Waals surface area contributed by atoms with Crippen molar-refractivity contribution in [2.75, 3.05) is 5.73 Å². The van der Waals surface area contributed by atoms with Crippen LogP contribution >= 0.6 is 0 Å². The molecule has 0 unspecified atom stereocenters. The number of hydrogen-bond acceptors (Lipinski definition) is 4. The van der Waals surface area contributed by atoms with E-state index in [4.69, 9.17) is 10.8 Å². The third-order valence-electron chi connectivity index (χ3n) is 2.15. The molecule has 0 aliphatic rings. The van der Waals surface area contributed by atoms with E-state index in [1.807, 2.05) is 20.8 Å². The van der Waals surface area contributed by atoms with Gasteiger partial charge in [-0.05, 0) is 6.42 Å². The SMILES string of the molecule is CCc1nc(C(C)C)nc(N)c1CO. The van der Waals surface area contributed by atoms with Crippen molar-refractivity contribution in [2.45, 2.75) is 39.7 Å². The number of nitrogens with two attached hydrogens (primary N) is 1. The molecule has 3 N–H and O–H groups in total. The van der Waals surface area contributed by atoms with Crippen molar-refractivity contribution in [3.8, 4) is 0 Å². The summed E-state index contributed by atoms with van der Waals surface area (Å²) in [4.78, 5) is 8.53. The fraction of sp³-hybridized carbons (Fsp3) is 0.600. The van der Waals surface area contributed by atoms with Gasteiger partial charge in [0.15, 0.2) is 0 Å². The summed E-state index contributed by atoms with van der Waals surface area (Å²) >= 11 is 0. The standard InChI is InChI=1S/C10H17N3O/c1-4-8-7(5-14)9(11)13-10(12-8)6(2)3/h6,14H,4-5H2,1-3H3,(H2,11,12,13). The molecule has 78 valence electrons. The van der Waals surface area contributed by atoms with Gasteiger partial charge in [0.05, 0.1) is 12.3 Å². The third-order valence-corrected chi connectivity index (χ3v) is 2.15. The van der Waals surface area contributed by atoms with Crippen molar-refractivity contribution in [1.82, 2.24) is 9.97 Å². The van der Waals surface area contributed by atoms with Crippen molar-refractivity contribution in [3.05, 3.63) is 17.1 Å². The number of hydrogen-bond donors (Lipinski definition) is 2. The first-order valence-electron chi connectivity index (χ1n) is 4.86. The maximum atomic E-state index is 9.10. The molecule has 0 radical (unpaired) electrons. The Labute approximate surface area is 84.2 Å². The summed E-state index contributed by atoms with van der Waals surface area (Å²) in [6.07, 6.45) is 0.766. The first-order valence-corrected chi connectivity index (χ1v) is 4.86. The highest BCUT2D eigenvalue weighted by Crippen LogP contribution is 2.18. The van der Waals surface area contributed by atoms with E-state index < -0.39 is 0 Å². The van der Waals surface area contributed by atoms with E-state index in [1.54, 1.807) is 0 Å². The molecule has 0 spiro atoms. The number of anilines is 1. The van der Waals surface area contributed by atoms with Gasteiger partial charge >= 0.3 is 0 Å². The molecule has 1 heterocycles. The first-order chi connectivity index (χ1) is 6.60. The number of rotatable bonds is 3. The molecule has 4 heteroatoms. The van der Waals surface area contributed by atoms with Gasteiger partial charge in [-0.2, -0.15) is 0 Å². The Morgan fingerprint density at radius 2 is 2.00 bits per heavy atom. The van der Waals surface area contributed by atoms with Crippen LogP contribution in [0.2, 0.25) is 0 Å². The lowest BCUT2D eigenvalue weighted by Crippen LogP contribution is -2.10. The largest absolute Gasteiger partial charge is 0.391 e. The third kappa shape index (κ3) is 2.01. The quantitative estimate of drug-likeness (QED) is 0.761. The van der Waals surface area contributed by atoms with E-state index >= 15 is 0 Å². The van der Waals surface area contributed by atoms with Crippen LogP contribution in [-0.4, -0.2) is 15.1 Å². The second-order valence-corrected chi connectivity index (χ2v) is 3.56. The van der Waals surface area contributed by atoms with Crippen LogP contribution in [0.5, 0.6) is 0 Å². The van der Waals surface area contributed by atoms with Crippen LogP contribution in [-0.2, 0) is 13.0 Å². The maximum absolute atomic E-state index is 9.10. The van der Waals surface area contributed by atoms with Gasteiger partial charge in [0.2, 0.25) is 0 Å². The summed E-state index contributed by atoms with van der Waals surface area (Å²) in [7, 11) is 0. The number of aryl methyl sites for hydroxylation is 1. The normalized spacial score (nSPS) is 10.9. The summed E-state index contributed by atoms with van der Waals surface area (Å²) in [5.41, 5.74) is 7.25. The van der Waals surface area contributed by atoms with Crippen LogP contribution in [0.4, 0.5) is 5.82 Å². The molecule has 4 nitrogen and oxygen atoms in total. The molecule has 0 aliphatic carbocycles. The zero-order valence-electron chi connectivity index (χ0n) is 8.91. The summed E-state index contributed by atoms with van der Waals surface area (Å²) in [6, 6.07) is 0. The van der Waals surface area contributed by atoms with Gasteiger partial charge in [-0.3, -0.25) is 0 Å². The molecule has 0 fully saturated rings. The van der Waals surface area contributed by atoms with Gasteiger partial charge in [0, 0.05) is 11.5 Å². The van der Waals surface area contributed by atoms with Crippen LogP contribution in [0.25, 0.3) is 0 Å². The second kappa shape index (κ2) is 4.37. The van der Waals surface area contributed by atoms with E-state index in [-0.39, 0.29) is 12.5 Å². The lowest BCUT2D eigenvalue weighted by Gasteiger charge is -2.11. The molecular formula is C10H17N3O. The summed E-state index contributed by atoms with van der Waals surface area (Å²) < 4.78 is 0. The fourth-order valence-electron chi connectivity index (χ4n) is 1.29. The van der Waals surface area contributed by atoms with Crippen LogP contribution in [0.1, 0.15) is 43.8 Å². The lowest BCUT2D eigenvalue weighted by molar-refractivity contribution is 0.280. The summed E-state index contributed by atoms with van der Waals surface area (Å²) in [6.45, 7) is 5.94. The molecule has 1 aromatic heterocycles. The Morgan fingerprint density at radius 1 is 1.36 bits per heavy atom. The summed E-state index contributed by atoms with van der Waals surface area (Å²) in [5, 5.41) is 9.10. The molecular weight excluding hydrogens is 178 g/mol. The predicted octanol–water partition coefficient (Wildman–Crippen LogP) is 1.24. The van der Waals surface area contributed by atoms with Crippen molar-refractivity contribution in [1.29, 1.82) is 0 Å². The van der Waals surface area contributed by atoms with E-state index in [2.05, 4.69) is 9.97 Å². The number of aromatic nitrogens is 2. The molecule has 1 aromatic rings. The number of aliphatic hydroxyl groups is 1. The van der Waals surface area contributed by atoms with Crippen LogP contribution < -0.4 is 5.73 Å². The number of aliphatic hydroxyl groups excluding tert-OH is 1. The summed E-state index contributed by atoms with van der Waals surface area (Å²) in [5.74, 6) is 1.41. The van der Waals surface area contributed by atoms with Gasteiger partial charge < -0.3 is 10.8 Å². The highest BCUT2D eigenvalue weighted by Gasteiger charge is 2.11. The minimum Gasteiger partial charge on any atom is -0.391 e. The number of nitrogen functional groups attached to an aromatic ring is 1. The topological polar surface area (TPSA) is 72.0 Å². The smallest absolute Gasteiger partial charge is 0.133 e. The Balaban J connectivity index is 3.24. The molecule has 0 amide bonds. The second-order valence-electron chi connectivity index (χ2n) is 3.56. The van der Waals surface area contributed by atoms with Crippen molar-refractivity contribution >= 4 is 5.82 Å². The van der Waals surface area contributed by atoms with Crippen LogP contribution in [0.3, 0.4) is 0 Å². The molecule has 0 saturated heterocycles. The Kier molecular flexibility index (Phi) is 3.41. The predicted molar refractivity (Wildman–Crippen MR) is 55.8 cm³/mol. The highest BCUT2D eigenvalue weighted by atomic mass is 16.3. The van der Waals surface area contributed by atoms with Gasteiger partial charge in [-0.15, -0.1) is 0 Å². The Morgan fingerprint density at radius 3 is 2.43 bits per heavy atom. The van der Waals surface area contributed by atoms with E-state index in [0.717, 1.165) is 17.9 Å².